The summed E-state index contributed by atoms with van der Waals surface area (Å²) < 4.78 is 5.13. The van der Waals surface area contributed by atoms with Crippen molar-refractivity contribution in [2.75, 3.05) is 7.11 Å². The fourth-order valence-corrected chi connectivity index (χ4v) is 1.59. The first kappa shape index (κ1) is 11.0. The number of rotatable bonds is 5. The predicted octanol–water partition coefficient (Wildman–Crippen LogP) is 3.00. The molecule has 0 aromatic heterocycles. The third kappa shape index (κ3) is 2.99. The Hall–Kier alpha value is -1.51. The van der Waals surface area contributed by atoms with E-state index in [9.17, 15) is 0 Å². The van der Waals surface area contributed by atoms with Crippen molar-refractivity contribution >= 4 is 6.21 Å². The molecule has 0 spiro atoms. The lowest BCUT2D eigenvalue weighted by atomic mass is 9.87. The number of methoxy groups -OCH3 is 1. The highest BCUT2D eigenvalue weighted by Crippen LogP contribution is 2.24. The molecule has 1 aromatic carbocycles. The Kier molecular flexibility index (Phi) is 3.81. The zero-order valence-corrected chi connectivity index (χ0v) is 9.56. The van der Waals surface area contributed by atoms with Crippen molar-refractivity contribution in [3.63, 3.8) is 0 Å². The summed E-state index contributed by atoms with van der Waals surface area (Å²) in [7, 11) is 1.66. The van der Waals surface area contributed by atoms with E-state index in [1.165, 1.54) is 19.3 Å². The number of benzene rings is 1. The molecule has 1 fully saturated rings. The number of ether oxygens (including phenoxy) is 1. The fourth-order valence-electron chi connectivity index (χ4n) is 1.59. The summed E-state index contributed by atoms with van der Waals surface area (Å²) in [6.07, 6.45) is 5.76. The highest BCUT2D eigenvalue weighted by atomic mass is 16.6. The van der Waals surface area contributed by atoms with Crippen LogP contribution < -0.4 is 4.74 Å². The van der Waals surface area contributed by atoms with Crippen LogP contribution in [0.3, 0.4) is 0 Å². The minimum atomic E-state index is 0.500. The maximum atomic E-state index is 5.24. The van der Waals surface area contributed by atoms with Crippen LogP contribution in [0.15, 0.2) is 29.4 Å². The molecule has 1 saturated carbocycles. The fraction of sp³-hybridized carbons (Fsp3) is 0.462. The maximum absolute atomic E-state index is 5.24. The molecule has 1 aliphatic rings. The molecule has 0 unspecified atom stereocenters. The van der Waals surface area contributed by atoms with Gasteiger partial charge in [0.2, 0.25) is 0 Å². The van der Waals surface area contributed by atoms with Gasteiger partial charge >= 0.3 is 0 Å². The molecule has 0 heterocycles. The quantitative estimate of drug-likeness (QED) is 0.563. The average molecular weight is 219 g/mol. The monoisotopic (exact) mass is 219 g/mol. The standard InChI is InChI=1S/C13H17NO2/c1-15-13-7-3-6-12(8-13)10-16-14-9-11-4-2-5-11/h3,6-9,11H,2,4-5,10H2,1H3. The molecule has 3 nitrogen and oxygen atoms in total. The second-order valence-electron chi connectivity index (χ2n) is 4.07. The zero-order chi connectivity index (χ0) is 11.2. The molecule has 3 heteroatoms. The Morgan fingerprint density at radius 2 is 2.31 bits per heavy atom. The van der Waals surface area contributed by atoms with Crippen LogP contribution in [-0.4, -0.2) is 13.3 Å². The summed E-state index contributed by atoms with van der Waals surface area (Å²) in [5.74, 6) is 1.49. The molecule has 0 atom stereocenters. The predicted molar refractivity (Wildman–Crippen MR) is 63.6 cm³/mol. The van der Waals surface area contributed by atoms with Crippen LogP contribution in [0.4, 0.5) is 0 Å². The Balaban J connectivity index is 1.77. The van der Waals surface area contributed by atoms with E-state index >= 15 is 0 Å². The molecule has 0 bridgehead atoms. The van der Waals surface area contributed by atoms with Gasteiger partial charge in [-0.25, -0.2) is 0 Å². The first-order valence-corrected chi connectivity index (χ1v) is 5.67. The van der Waals surface area contributed by atoms with Crippen LogP contribution in [0, 0.1) is 5.92 Å². The van der Waals surface area contributed by atoms with E-state index < -0.39 is 0 Å². The van der Waals surface area contributed by atoms with Crippen molar-refractivity contribution in [2.45, 2.75) is 25.9 Å². The largest absolute Gasteiger partial charge is 0.497 e. The molecule has 86 valence electrons. The van der Waals surface area contributed by atoms with Gasteiger partial charge in [-0.15, -0.1) is 0 Å². The highest BCUT2D eigenvalue weighted by Gasteiger charge is 2.14. The van der Waals surface area contributed by atoms with Gasteiger partial charge in [0.25, 0.3) is 0 Å². The van der Waals surface area contributed by atoms with Crippen LogP contribution in [0.1, 0.15) is 24.8 Å². The molecule has 1 aliphatic carbocycles. The molecule has 0 N–H and O–H groups in total. The van der Waals surface area contributed by atoms with Gasteiger partial charge in [0.15, 0.2) is 0 Å². The molecule has 2 rings (SSSR count). The number of oxime groups is 1. The lowest BCUT2D eigenvalue weighted by Gasteiger charge is -2.19. The van der Waals surface area contributed by atoms with Crippen LogP contribution in [0.5, 0.6) is 5.75 Å². The molecule has 0 aliphatic heterocycles. The minimum absolute atomic E-state index is 0.500. The topological polar surface area (TPSA) is 30.8 Å². The van der Waals surface area contributed by atoms with Gasteiger partial charge in [0.05, 0.1) is 7.11 Å². The van der Waals surface area contributed by atoms with E-state index in [-0.39, 0.29) is 0 Å². The first-order valence-electron chi connectivity index (χ1n) is 5.67. The molecule has 0 saturated heterocycles. The number of hydrogen-bond donors (Lipinski definition) is 0. The summed E-state index contributed by atoms with van der Waals surface area (Å²) in [4.78, 5) is 5.24. The maximum Gasteiger partial charge on any atom is 0.142 e. The van der Waals surface area contributed by atoms with Gasteiger partial charge < -0.3 is 9.57 Å². The Morgan fingerprint density at radius 3 is 3.00 bits per heavy atom. The SMILES string of the molecule is COc1cccc(CON=CC2CCC2)c1. The average Bonchev–Trinajstić information content (AvgIpc) is 2.27. The smallest absolute Gasteiger partial charge is 0.142 e. The van der Waals surface area contributed by atoms with Crippen molar-refractivity contribution in [2.24, 2.45) is 11.1 Å². The van der Waals surface area contributed by atoms with Crippen LogP contribution in [0.25, 0.3) is 0 Å². The summed E-state index contributed by atoms with van der Waals surface area (Å²) >= 11 is 0. The lowest BCUT2D eigenvalue weighted by molar-refractivity contribution is 0.129. The van der Waals surface area contributed by atoms with Crippen molar-refractivity contribution in [3.05, 3.63) is 29.8 Å². The molecular weight excluding hydrogens is 202 g/mol. The number of nitrogens with zero attached hydrogens (tertiary/aromatic N) is 1. The van der Waals surface area contributed by atoms with E-state index in [0.29, 0.717) is 12.5 Å². The van der Waals surface area contributed by atoms with Crippen molar-refractivity contribution in [1.82, 2.24) is 0 Å². The normalized spacial score (nSPS) is 16.1. The third-order valence-corrected chi connectivity index (χ3v) is 2.86. The van der Waals surface area contributed by atoms with Crippen molar-refractivity contribution in [1.29, 1.82) is 0 Å². The van der Waals surface area contributed by atoms with Gasteiger partial charge in [-0.3, -0.25) is 0 Å². The van der Waals surface area contributed by atoms with E-state index in [4.69, 9.17) is 9.57 Å². The summed E-state index contributed by atoms with van der Waals surface area (Å²) in [5, 5.41) is 3.98. The van der Waals surface area contributed by atoms with Gasteiger partial charge in [0.1, 0.15) is 12.4 Å². The van der Waals surface area contributed by atoms with E-state index in [0.717, 1.165) is 11.3 Å². The molecule has 1 aromatic rings. The highest BCUT2D eigenvalue weighted by molar-refractivity contribution is 5.60. The number of hydrogen-bond acceptors (Lipinski definition) is 3. The second-order valence-corrected chi connectivity index (χ2v) is 4.07. The van der Waals surface area contributed by atoms with E-state index in [1.807, 2.05) is 30.5 Å². The van der Waals surface area contributed by atoms with Gasteiger partial charge in [-0.05, 0) is 36.5 Å². The summed E-state index contributed by atoms with van der Waals surface area (Å²) in [5.41, 5.74) is 1.07. The zero-order valence-electron chi connectivity index (χ0n) is 9.56. The lowest BCUT2D eigenvalue weighted by Crippen LogP contribution is -2.11. The van der Waals surface area contributed by atoms with Gasteiger partial charge in [0, 0.05) is 6.21 Å². The summed E-state index contributed by atoms with van der Waals surface area (Å²) in [6, 6.07) is 7.83. The minimum Gasteiger partial charge on any atom is -0.497 e. The Morgan fingerprint density at radius 1 is 1.44 bits per heavy atom. The Bertz CT molecular complexity index is 359. The van der Waals surface area contributed by atoms with Gasteiger partial charge in [-0.2, -0.15) is 0 Å². The third-order valence-electron chi connectivity index (χ3n) is 2.86. The molecule has 16 heavy (non-hydrogen) atoms. The van der Waals surface area contributed by atoms with Crippen LogP contribution in [0.2, 0.25) is 0 Å². The van der Waals surface area contributed by atoms with Crippen molar-refractivity contribution in [3.8, 4) is 5.75 Å². The molecular formula is C13H17NO2. The molecule has 0 radical (unpaired) electrons. The van der Waals surface area contributed by atoms with E-state index in [2.05, 4.69) is 5.16 Å². The van der Waals surface area contributed by atoms with Crippen molar-refractivity contribution < 1.29 is 9.57 Å². The van der Waals surface area contributed by atoms with Crippen LogP contribution in [-0.2, 0) is 11.4 Å². The van der Waals surface area contributed by atoms with Gasteiger partial charge in [-0.1, -0.05) is 23.7 Å². The molecule has 0 amide bonds. The Labute approximate surface area is 96.1 Å². The first-order chi connectivity index (χ1) is 7.88. The van der Waals surface area contributed by atoms with Crippen LogP contribution >= 0.6 is 0 Å². The van der Waals surface area contributed by atoms with E-state index in [1.54, 1.807) is 7.11 Å². The summed E-state index contributed by atoms with van der Waals surface area (Å²) in [6.45, 7) is 0.500. The second kappa shape index (κ2) is 5.54.